The van der Waals surface area contributed by atoms with E-state index in [0.29, 0.717) is 25.7 Å². The zero-order chi connectivity index (χ0) is 21.9. The molecule has 1 unspecified atom stereocenters. The first-order chi connectivity index (χ1) is 14.4. The number of aromatic nitrogens is 2. The Bertz CT molecular complexity index is 816. The van der Waals surface area contributed by atoms with Crippen LogP contribution in [-0.4, -0.2) is 49.2 Å². The highest BCUT2D eigenvalue weighted by molar-refractivity contribution is 5.79. The number of benzene rings is 1. The Hall–Kier alpha value is -2.54. The zero-order valence-electron chi connectivity index (χ0n) is 19.3. The van der Waals surface area contributed by atoms with Crippen LogP contribution in [0.1, 0.15) is 36.4 Å². The Kier molecular flexibility index (Phi) is 9.67. The lowest BCUT2D eigenvalue weighted by molar-refractivity contribution is 0.145. The van der Waals surface area contributed by atoms with Gasteiger partial charge in [0.1, 0.15) is 12.4 Å². The number of aryl methyl sites for hydroxylation is 3. The van der Waals surface area contributed by atoms with E-state index in [1.54, 1.807) is 7.11 Å². The Labute approximate surface area is 180 Å². The molecule has 0 saturated carbocycles. The monoisotopic (exact) mass is 415 g/mol. The molecule has 1 aromatic carbocycles. The van der Waals surface area contributed by atoms with Gasteiger partial charge in [0, 0.05) is 38.0 Å². The maximum Gasteiger partial charge on any atom is 0.191 e. The minimum Gasteiger partial charge on any atom is -0.491 e. The Morgan fingerprint density at radius 3 is 2.63 bits per heavy atom. The first-order valence-electron chi connectivity index (χ1n) is 10.7. The lowest BCUT2D eigenvalue weighted by Crippen LogP contribution is -2.40. The predicted molar refractivity (Wildman–Crippen MR) is 122 cm³/mol. The van der Waals surface area contributed by atoms with Crippen molar-refractivity contribution in [1.29, 1.82) is 0 Å². The molecule has 30 heavy (non-hydrogen) atoms. The van der Waals surface area contributed by atoms with Crippen molar-refractivity contribution in [3.8, 4) is 5.75 Å². The van der Waals surface area contributed by atoms with Crippen LogP contribution >= 0.6 is 0 Å². The van der Waals surface area contributed by atoms with Gasteiger partial charge < -0.3 is 20.1 Å². The number of aliphatic imine (C=N–C) groups is 1. The molecule has 0 amide bonds. The molecule has 2 rings (SSSR count). The smallest absolute Gasteiger partial charge is 0.191 e. The van der Waals surface area contributed by atoms with Gasteiger partial charge in [0.15, 0.2) is 5.96 Å². The van der Waals surface area contributed by atoms with Crippen LogP contribution in [0.15, 0.2) is 29.3 Å². The Morgan fingerprint density at radius 2 is 1.97 bits per heavy atom. The molecule has 0 aliphatic carbocycles. The molecule has 1 aromatic heterocycles. The van der Waals surface area contributed by atoms with Gasteiger partial charge in [0.2, 0.25) is 0 Å². The first-order valence-corrected chi connectivity index (χ1v) is 10.7. The fourth-order valence-electron chi connectivity index (χ4n) is 3.16. The molecule has 2 N–H and O–H groups in total. The number of hydrogen-bond acceptors (Lipinski definition) is 4. The summed E-state index contributed by atoms with van der Waals surface area (Å²) in [6, 6.07) is 8.33. The van der Waals surface area contributed by atoms with Crippen LogP contribution < -0.4 is 15.4 Å². The summed E-state index contributed by atoms with van der Waals surface area (Å²) in [4.78, 5) is 4.76. The largest absolute Gasteiger partial charge is 0.491 e. The maximum absolute atomic E-state index is 5.88. The van der Waals surface area contributed by atoms with Gasteiger partial charge in [0.05, 0.1) is 18.8 Å². The van der Waals surface area contributed by atoms with Crippen molar-refractivity contribution in [3.05, 3.63) is 46.8 Å². The van der Waals surface area contributed by atoms with Gasteiger partial charge in [-0.1, -0.05) is 19.1 Å². The maximum atomic E-state index is 5.88. The van der Waals surface area contributed by atoms with Gasteiger partial charge >= 0.3 is 0 Å². The molecule has 0 aliphatic rings. The van der Waals surface area contributed by atoms with Gasteiger partial charge in [-0.3, -0.25) is 4.68 Å². The van der Waals surface area contributed by atoms with Gasteiger partial charge in [-0.2, -0.15) is 5.10 Å². The normalized spacial score (nSPS) is 12.7. The van der Waals surface area contributed by atoms with Crippen molar-refractivity contribution >= 4 is 5.96 Å². The summed E-state index contributed by atoms with van der Waals surface area (Å²) < 4.78 is 13.0. The minimum atomic E-state index is 0.416. The molecule has 7 heteroatoms. The van der Waals surface area contributed by atoms with Crippen molar-refractivity contribution in [3.63, 3.8) is 0 Å². The van der Waals surface area contributed by atoms with E-state index in [1.807, 2.05) is 6.92 Å². The number of rotatable bonds is 11. The molecular formula is C23H37N5O2. The zero-order valence-corrected chi connectivity index (χ0v) is 19.3. The van der Waals surface area contributed by atoms with Crippen molar-refractivity contribution < 1.29 is 9.47 Å². The highest BCUT2D eigenvalue weighted by Gasteiger charge is 2.09. The number of nitrogens with zero attached hydrogens (tertiary/aromatic N) is 3. The lowest BCUT2D eigenvalue weighted by atomic mass is 10.1. The molecule has 0 saturated heterocycles. The number of ether oxygens (including phenoxy) is 2. The number of nitrogens with one attached hydrogen (secondary N) is 2. The van der Waals surface area contributed by atoms with E-state index >= 15 is 0 Å². The molecule has 166 valence electrons. The van der Waals surface area contributed by atoms with Crippen molar-refractivity contribution in [2.75, 3.05) is 33.4 Å². The molecule has 0 spiro atoms. The van der Waals surface area contributed by atoms with E-state index in [9.17, 15) is 0 Å². The molecular weight excluding hydrogens is 378 g/mol. The second-order valence-electron chi connectivity index (χ2n) is 7.74. The summed E-state index contributed by atoms with van der Waals surface area (Å²) >= 11 is 0. The van der Waals surface area contributed by atoms with Crippen LogP contribution in [0.4, 0.5) is 0 Å². The third-order valence-electron chi connectivity index (χ3n) is 4.73. The fourth-order valence-corrected chi connectivity index (χ4v) is 3.16. The predicted octanol–water partition coefficient (Wildman–Crippen LogP) is 3.22. The summed E-state index contributed by atoms with van der Waals surface area (Å²) in [7, 11) is 1.68. The standard InChI is InChI=1S/C23H37N5O2/c1-7-24-23(25-14-18(3)16-28-20(5)13-19(4)27-28)26-15-21-9-8-17(2)12-22(21)30-11-10-29-6/h8-9,12-13,18H,7,10-11,14-16H2,1-6H3,(H2,24,25,26). The van der Waals surface area contributed by atoms with Crippen LogP contribution in [0.3, 0.4) is 0 Å². The Balaban J connectivity index is 1.97. The van der Waals surface area contributed by atoms with Gasteiger partial charge in [-0.25, -0.2) is 4.99 Å². The third kappa shape index (κ3) is 7.71. The molecule has 1 heterocycles. The quantitative estimate of drug-likeness (QED) is 0.335. The number of hydrogen-bond donors (Lipinski definition) is 2. The summed E-state index contributed by atoms with van der Waals surface area (Å²) in [6.45, 7) is 14.6. The summed E-state index contributed by atoms with van der Waals surface area (Å²) in [5.74, 6) is 2.09. The highest BCUT2D eigenvalue weighted by atomic mass is 16.5. The van der Waals surface area contributed by atoms with Crippen LogP contribution in [0.5, 0.6) is 5.75 Å². The number of methoxy groups -OCH3 is 1. The van der Waals surface area contributed by atoms with Gasteiger partial charge in [-0.05, 0) is 51.3 Å². The van der Waals surface area contributed by atoms with Crippen LogP contribution in [0.2, 0.25) is 0 Å². The average molecular weight is 416 g/mol. The van der Waals surface area contributed by atoms with E-state index in [4.69, 9.17) is 14.5 Å². The van der Waals surface area contributed by atoms with Gasteiger partial charge in [0.25, 0.3) is 0 Å². The Morgan fingerprint density at radius 1 is 1.17 bits per heavy atom. The summed E-state index contributed by atoms with van der Waals surface area (Å²) in [5.41, 5.74) is 4.48. The average Bonchev–Trinajstić information content (AvgIpc) is 3.02. The molecule has 0 radical (unpaired) electrons. The molecule has 0 aliphatic heterocycles. The topological polar surface area (TPSA) is 72.7 Å². The lowest BCUT2D eigenvalue weighted by Gasteiger charge is -2.17. The van der Waals surface area contributed by atoms with Crippen molar-refractivity contribution in [2.24, 2.45) is 10.9 Å². The molecule has 1 atom stereocenters. The first kappa shape index (κ1) is 23.7. The van der Waals surface area contributed by atoms with Gasteiger partial charge in [-0.15, -0.1) is 0 Å². The van der Waals surface area contributed by atoms with Crippen molar-refractivity contribution in [2.45, 2.75) is 47.7 Å². The second kappa shape index (κ2) is 12.2. The minimum absolute atomic E-state index is 0.416. The fraction of sp³-hybridized carbons (Fsp3) is 0.565. The van der Waals surface area contributed by atoms with Crippen LogP contribution in [0, 0.1) is 26.7 Å². The molecule has 2 aromatic rings. The second-order valence-corrected chi connectivity index (χ2v) is 7.74. The van der Waals surface area contributed by atoms with E-state index in [0.717, 1.165) is 48.2 Å². The molecule has 0 fully saturated rings. The number of guanidine groups is 1. The van der Waals surface area contributed by atoms with E-state index in [1.165, 1.54) is 5.69 Å². The van der Waals surface area contributed by atoms with E-state index in [-0.39, 0.29) is 0 Å². The van der Waals surface area contributed by atoms with Crippen LogP contribution in [0.25, 0.3) is 0 Å². The SMILES string of the molecule is CCNC(=NCc1ccc(C)cc1OCCOC)NCC(C)Cn1nc(C)cc1C. The summed E-state index contributed by atoms with van der Waals surface area (Å²) in [5, 5.41) is 11.3. The highest BCUT2D eigenvalue weighted by Crippen LogP contribution is 2.21. The molecule has 0 bridgehead atoms. The molecule has 7 nitrogen and oxygen atoms in total. The van der Waals surface area contributed by atoms with Crippen molar-refractivity contribution in [1.82, 2.24) is 20.4 Å². The summed E-state index contributed by atoms with van der Waals surface area (Å²) in [6.07, 6.45) is 0. The van der Waals surface area contributed by atoms with E-state index in [2.05, 4.69) is 72.4 Å². The third-order valence-corrected chi connectivity index (χ3v) is 4.73. The van der Waals surface area contributed by atoms with Crippen LogP contribution in [-0.2, 0) is 17.8 Å². The van der Waals surface area contributed by atoms with E-state index < -0.39 is 0 Å².